The van der Waals surface area contributed by atoms with Crippen molar-refractivity contribution in [3.63, 3.8) is 0 Å². The number of hydrogen-bond donors (Lipinski definition) is 3. The van der Waals surface area contributed by atoms with Gasteiger partial charge >= 0.3 is 16.3 Å². The lowest BCUT2D eigenvalue weighted by Crippen LogP contribution is -2.35. The predicted octanol–water partition coefficient (Wildman–Crippen LogP) is 0.0527. The topological polar surface area (TPSA) is 129 Å². The molecule has 10 heteroatoms. The highest BCUT2D eigenvalue weighted by Crippen LogP contribution is 2.37. The van der Waals surface area contributed by atoms with Gasteiger partial charge in [-0.1, -0.05) is 0 Å². The Morgan fingerprint density at radius 2 is 1.90 bits per heavy atom. The summed E-state index contributed by atoms with van der Waals surface area (Å²) in [6.45, 7) is 0.741. The first-order valence-electron chi connectivity index (χ1n) is 5.49. The molecule has 0 aliphatic carbocycles. The Morgan fingerprint density at radius 1 is 1.30 bits per heavy atom. The molecule has 0 aromatic heterocycles. The van der Waals surface area contributed by atoms with Crippen LogP contribution < -0.4 is 24.7 Å². The summed E-state index contributed by atoms with van der Waals surface area (Å²) >= 11 is 0. The molecule has 1 amide bonds. The molecule has 0 unspecified atom stereocenters. The van der Waals surface area contributed by atoms with Crippen LogP contribution in [0.25, 0.3) is 0 Å². The second kappa shape index (κ2) is 5.33. The minimum Gasteiger partial charge on any atom is -0.486 e. The number of nitrogens with one attached hydrogen (secondary N) is 2. The van der Waals surface area contributed by atoms with E-state index in [0.29, 0.717) is 24.7 Å². The first kappa shape index (κ1) is 14.1. The molecule has 0 radical (unpaired) electrons. The maximum atomic E-state index is 11.6. The molecular weight excluding hydrogens is 290 g/mol. The number of nitrogens with two attached hydrogens (primary N) is 1. The zero-order valence-corrected chi connectivity index (χ0v) is 11.3. The van der Waals surface area contributed by atoms with Crippen LogP contribution in [0.2, 0.25) is 0 Å². The van der Waals surface area contributed by atoms with Crippen LogP contribution in [0, 0.1) is 0 Å². The van der Waals surface area contributed by atoms with Crippen LogP contribution in [0.15, 0.2) is 12.1 Å². The van der Waals surface area contributed by atoms with Crippen molar-refractivity contribution in [2.75, 3.05) is 30.8 Å². The first-order valence-corrected chi connectivity index (χ1v) is 6.97. The summed E-state index contributed by atoms with van der Waals surface area (Å²) in [4.78, 5) is 10.9. The third kappa shape index (κ3) is 3.15. The Balaban J connectivity index is 2.23. The van der Waals surface area contributed by atoms with Crippen LogP contribution in [-0.4, -0.2) is 34.8 Å². The van der Waals surface area contributed by atoms with Gasteiger partial charge in [0.2, 0.25) is 0 Å². The number of benzene rings is 1. The van der Waals surface area contributed by atoms with E-state index >= 15 is 0 Å². The van der Waals surface area contributed by atoms with Crippen LogP contribution in [-0.2, 0) is 14.9 Å². The molecule has 1 aromatic rings. The van der Waals surface area contributed by atoms with Crippen molar-refractivity contribution in [2.24, 2.45) is 0 Å². The van der Waals surface area contributed by atoms with Crippen LogP contribution >= 0.6 is 0 Å². The zero-order valence-electron chi connectivity index (χ0n) is 10.5. The molecule has 0 atom stereocenters. The van der Waals surface area contributed by atoms with Gasteiger partial charge in [-0.2, -0.15) is 8.42 Å². The number of fused-ring (bicyclic) bond motifs is 1. The summed E-state index contributed by atoms with van der Waals surface area (Å²) in [7, 11) is -3.10. The van der Waals surface area contributed by atoms with Crippen molar-refractivity contribution in [1.29, 1.82) is 0 Å². The van der Waals surface area contributed by atoms with Crippen LogP contribution in [0.1, 0.15) is 0 Å². The first-order chi connectivity index (χ1) is 9.41. The second-order valence-electron chi connectivity index (χ2n) is 3.78. The highest BCUT2D eigenvalue weighted by Gasteiger charge is 2.19. The fraction of sp³-hybridized carbons (Fsp3) is 0.300. The lowest BCUT2D eigenvalue weighted by Gasteiger charge is -2.20. The third-order valence-electron chi connectivity index (χ3n) is 2.36. The smallest absolute Gasteiger partial charge is 0.422 e. The second-order valence-corrected chi connectivity index (χ2v) is 5.20. The van der Waals surface area contributed by atoms with Gasteiger partial charge in [-0.05, 0) is 0 Å². The SMILES string of the molecule is COC(=O)NS(=O)(=O)Nc1cc2c(cc1N)OCCO2. The minimum absolute atomic E-state index is 0.0608. The summed E-state index contributed by atoms with van der Waals surface area (Å²) < 4.78 is 41.8. The Bertz CT molecular complexity index is 630. The number of nitrogen functional groups attached to an aromatic ring is 1. The van der Waals surface area contributed by atoms with E-state index in [2.05, 4.69) is 9.46 Å². The molecule has 0 bridgehead atoms. The van der Waals surface area contributed by atoms with Gasteiger partial charge in [-0.3, -0.25) is 4.72 Å². The number of amides is 1. The Hall–Kier alpha value is -2.36. The van der Waals surface area contributed by atoms with Crippen molar-refractivity contribution in [1.82, 2.24) is 4.72 Å². The normalized spacial score (nSPS) is 13.4. The van der Waals surface area contributed by atoms with Gasteiger partial charge < -0.3 is 19.9 Å². The van der Waals surface area contributed by atoms with Gasteiger partial charge in [0.1, 0.15) is 13.2 Å². The maximum Gasteiger partial charge on any atom is 0.422 e. The van der Waals surface area contributed by atoms with Gasteiger partial charge in [-0.15, -0.1) is 0 Å². The van der Waals surface area contributed by atoms with Gasteiger partial charge in [-0.25, -0.2) is 9.52 Å². The number of hydrogen-bond acceptors (Lipinski definition) is 7. The number of carbonyl (C=O) groups is 1. The fourth-order valence-electron chi connectivity index (χ4n) is 1.51. The Kier molecular flexibility index (Phi) is 3.74. The number of methoxy groups -OCH3 is 1. The summed E-state index contributed by atoms with van der Waals surface area (Å²) in [5.74, 6) is 0.791. The van der Waals surface area contributed by atoms with Crippen molar-refractivity contribution in [2.45, 2.75) is 0 Å². The summed E-state index contributed by atoms with van der Waals surface area (Å²) in [5, 5.41) is 0. The third-order valence-corrected chi connectivity index (χ3v) is 3.29. The van der Waals surface area contributed by atoms with E-state index in [1.54, 1.807) is 4.72 Å². The molecule has 2 rings (SSSR count). The van der Waals surface area contributed by atoms with E-state index in [1.807, 2.05) is 0 Å². The largest absolute Gasteiger partial charge is 0.486 e. The molecule has 0 fully saturated rings. The van der Waals surface area contributed by atoms with E-state index in [-0.39, 0.29) is 11.4 Å². The molecule has 0 saturated heterocycles. The molecule has 1 heterocycles. The van der Waals surface area contributed by atoms with Crippen molar-refractivity contribution in [3.8, 4) is 11.5 Å². The molecule has 1 aromatic carbocycles. The van der Waals surface area contributed by atoms with Gasteiger partial charge in [0.25, 0.3) is 0 Å². The van der Waals surface area contributed by atoms with Crippen molar-refractivity contribution < 1.29 is 27.4 Å². The zero-order chi connectivity index (χ0) is 14.8. The predicted molar refractivity (Wildman–Crippen MR) is 69.9 cm³/mol. The minimum atomic E-state index is -4.15. The van der Waals surface area contributed by atoms with E-state index in [0.717, 1.165) is 7.11 Å². The van der Waals surface area contributed by atoms with Crippen molar-refractivity contribution in [3.05, 3.63) is 12.1 Å². The number of ether oxygens (including phenoxy) is 3. The Labute approximate surface area is 115 Å². The molecule has 0 spiro atoms. The van der Waals surface area contributed by atoms with Crippen molar-refractivity contribution >= 4 is 27.7 Å². The molecule has 20 heavy (non-hydrogen) atoms. The molecule has 1 aliphatic heterocycles. The summed E-state index contributed by atoms with van der Waals surface area (Å²) in [6, 6.07) is 2.81. The van der Waals surface area contributed by atoms with Gasteiger partial charge in [0.15, 0.2) is 11.5 Å². The average molecular weight is 303 g/mol. The molecule has 110 valence electrons. The highest BCUT2D eigenvalue weighted by atomic mass is 32.2. The van der Waals surface area contributed by atoms with Crippen LogP contribution in [0.3, 0.4) is 0 Å². The van der Waals surface area contributed by atoms with Gasteiger partial charge in [0, 0.05) is 12.1 Å². The highest BCUT2D eigenvalue weighted by molar-refractivity contribution is 7.91. The maximum absolute atomic E-state index is 11.6. The van der Waals surface area contributed by atoms with E-state index < -0.39 is 16.3 Å². The van der Waals surface area contributed by atoms with Crippen LogP contribution in [0.4, 0.5) is 16.2 Å². The van der Waals surface area contributed by atoms with E-state index in [9.17, 15) is 13.2 Å². The molecule has 4 N–H and O–H groups in total. The number of rotatable bonds is 3. The number of anilines is 2. The van der Waals surface area contributed by atoms with E-state index in [4.69, 9.17) is 15.2 Å². The lowest BCUT2D eigenvalue weighted by molar-refractivity contribution is 0.172. The average Bonchev–Trinajstić information content (AvgIpc) is 2.38. The molecule has 9 nitrogen and oxygen atoms in total. The summed E-state index contributed by atoms with van der Waals surface area (Å²) in [6.07, 6.45) is -1.12. The van der Waals surface area contributed by atoms with Gasteiger partial charge in [0.05, 0.1) is 18.5 Å². The molecule has 0 saturated carbocycles. The van der Waals surface area contributed by atoms with E-state index in [1.165, 1.54) is 12.1 Å². The van der Waals surface area contributed by atoms with Crippen LogP contribution in [0.5, 0.6) is 11.5 Å². The fourth-order valence-corrected chi connectivity index (χ4v) is 2.33. The quantitative estimate of drug-likeness (QED) is 0.673. The lowest BCUT2D eigenvalue weighted by atomic mass is 10.2. The monoisotopic (exact) mass is 303 g/mol. The standard InChI is InChI=1S/C10H13N3O6S/c1-17-10(14)13-20(15,16)12-7-5-9-8(4-6(7)11)18-2-3-19-9/h4-5,12H,2-3,11H2,1H3,(H,13,14). The molecular formula is C10H13N3O6S. The summed E-state index contributed by atoms with van der Waals surface area (Å²) in [5.41, 5.74) is 5.90. The number of carbonyl (C=O) groups excluding carboxylic acids is 1. The molecule has 1 aliphatic rings. The Morgan fingerprint density at radius 3 is 2.50 bits per heavy atom.